The van der Waals surface area contributed by atoms with Gasteiger partial charge in [0.1, 0.15) is 5.82 Å². The normalized spacial score (nSPS) is 13.4. The highest BCUT2D eigenvalue weighted by molar-refractivity contribution is 7.99. The van der Waals surface area contributed by atoms with E-state index in [1.807, 2.05) is 32.0 Å². The molecule has 0 radical (unpaired) electrons. The number of benzene rings is 1. The molecule has 1 fully saturated rings. The molecule has 3 rings (SSSR count). The number of nitrogens with zero attached hydrogens (tertiary/aromatic N) is 3. The molecule has 2 amide bonds. The van der Waals surface area contributed by atoms with Gasteiger partial charge in [-0.3, -0.25) is 9.59 Å². The van der Waals surface area contributed by atoms with Gasteiger partial charge < -0.3 is 15.2 Å². The van der Waals surface area contributed by atoms with Gasteiger partial charge in [-0.2, -0.15) is 0 Å². The van der Waals surface area contributed by atoms with Gasteiger partial charge in [-0.25, -0.2) is 0 Å². The van der Waals surface area contributed by atoms with Crippen LogP contribution in [0.2, 0.25) is 0 Å². The fourth-order valence-corrected chi connectivity index (χ4v) is 3.74. The summed E-state index contributed by atoms with van der Waals surface area (Å²) in [6.45, 7) is 6.68. The molecule has 0 spiro atoms. The number of carbonyl (C=O) groups is 2. The molecular weight excluding hydrogens is 362 g/mol. The van der Waals surface area contributed by atoms with Crippen LogP contribution in [0.5, 0.6) is 0 Å². The van der Waals surface area contributed by atoms with Crippen molar-refractivity contribution in [2.75, 3.05) is 17.6 Å². The van der Waals surface area contributed by atoms with Crippen LogP contribution in [-0.4, -0.2) is 38.9 Å². The second-order valence-corrected chi connectivity index (χ2v) is 7.68. The number of para-hydroxylation sites is 1. The number of thioether (sulfide) groups is 1. The molecule has 1 aliphatic carbocycles. The Morgan fingerprint density at radius 3 is 2.52 bits per heavy atom. The summed E-state index contributed by atoms with van der Waals surface area (Å²) >= 11 is 1.35. The predicted octanol–water partition coefficient (Wildman–Crippen LogP) is 2.64. The van der Waals surface area contributed by atoms with Crippen LogP contribution in [0, 0.1) is 13.8 Å². The minimum atomic E-state index is -0.238. The molecule has 2 N–H and O–H groups in total. The number of nitrogens with one attached hydrogen (secondary N) is 2. The van der Waals surface area contributed by atoms with E-state index in [9.17, 15) is 9.59 Å². The first-order chi connectivity index (χ1) is 13.0. The van der Waals surface area contributed by atoms with Crippen molar-refractivity contribution in [3.63, 3.8) is 0 Å². The van der Waals surface area contributed by atoms with Crippen molar-refractivity contribution in [2.24, 2.45) is 0 Å². The largest absolute Gasteiger partial charge is 0.346 e. The van der Waals surface area contributed by atoms with Gasteiger partial charge in [-0.1, -0.05) is 30.0 Å². The van der Waals surface area contributed by atoms with Gasteiger partial charge in [-0.05, 0) is 44.7 Å². The minimum absolute atomic E-state index is 0.0546. The molecule has 1 aromatic heterocycles. The zero-order valence-electron chi connectivity index (χ0n) is 15.9. The molecule has 1 saturated carbocycles. The Kier molecular flexibility index (Phi) is 6.15. The van der Waals surface area contributed by atoms with Crippen LogP contribution < -0.4 is 10.6 Å². The summed E-state index contributed by atoms with van der Waals surface area (Å²) < 4.78 is 2.07. The summed E-state index contributed by atoms with van der Waals surface area (Å²) in [6.07, 6.45) is 2.33. The highest BCUT2D eigenvalue weighted by atomic mass is 32.2. The third kappa shape index (κ3) is 4.88. The summed E-state index contributed by atoms with van der Waals surface area (Å²) in [7, 11) is 0. The number of amides is 2. The lowest BCUT2D eigenvalue weighted by Crippen LogP contribution is -2.34. The molecule has 0 saturated heterocycles. The lowest BCUT2D eigenvalue weighted by atomic mass is 10.1. The maximum absolute atomic E-state index is 12.1. The Balaban J connectivity index is 1.46. The SMILES string of the molecule is CCn1c(SCC(=O)NCC(=O)Nc2c(C)cccc2C)nnc1C1CC1. The highest BCUT2D eigenvalue weighted by Crippen LogP contribution is 2.39. The third-order valence-corrected chi connectivity index (χ3v) is 5.49. The molecule has 0 unspecified atom stereocenters. The predicted molar refractivity (Wildman–Crippen MR) is 106 cm³/mol. The van der Waals surface area contributed by atoms with Crippen LogP contribution in [0.4, 0.5) is 5.69 Å². The van der Waals surface area contributed by atoms with Crippen LogP contribution in [0.1, 0.15) is 42.6 Å². The molecule has 0 bridgehead atoms. The number of hydrogen-bond donors (Lipinski definition) is 2. The van der Waals surface area contributed by atoms with E-state index in [0.717, 1.165) is 34.3 Å². The van der Waals surface area contributed by atoms with Gasteiger partial charge in [-0.15, -0.1) is 10.2 Å². The van der Waals surface area contributed by atoms with Crippen molar-refractivity contribution in [3.05, 3.63) is 35.2 Å². The first-order valence-electron chi connectivity index (χ1n) is 9.18. The van der Waals surface area contributed by atoms with Crippen LogP contribution in [-0.2, 0) is 16.1 Å². The van der Waals surface area contributed by atoms with Gasteiger partial charge in [0.15, 0.2) is 5.16 Å². The molecule has 7 nitrogen and oxygen atoms in total. The molecule has 0 atom stereocenters. The number of aryl methyl sites for hydroxylation is 2. The zero-order valence-corrected chi connectivity index (χ0v) is 16.7. The van der Waals surface area contributed by atoms with Crippen molar-refractivity contribution in [1.82, 2.24) is 20.1 Å². The highest BCUT2D eigenvalue weighted by Gasteiger charge is 2.30. The monoisotopic (exact) mass is 387 g/mol. The average Bonchev–Trinajstić information content (AvgIpc) is 3.41. The van der Waals surface area contributed by atoms with Crippen molar-refractivity contribution in [2.45, 2.75) is 51.2 Å². The van der Waals surface area contributed by atoms with Crippen LogP contribution in [0.15, 0.2) is 23.4 Å². The van der Waals surface area contributed by atoms with Crippen molar-refractivity contribution in [3.8, 4) is 0 Å². The van der Waals surface area contributed by atoms with Gasteiger partial charge in [0.05, 0.1) is 12.3 Å². The van der Waals surface area contributed by atoms with E-state index in [1.165, 1.54) is 24.6 Å². The van der Waals surface area contributed by atoms with E-state index in [4.69, 9.17) is 0 Å². The van der Waals surface area contributed by atoms with Gasteiger partial charge in [0, 0.05) is 18.2 Å². The molecule has 27 heavy (non-hydrogen) atoms. The lowest BCUT2D eigenvalue weighted by molar-refractivity contribution is -0.122. The molecular formula is C19H25N5O2S. The van der Waals surface area contributed by atoms with E-state index in [1.54, 1.807) is 0 Å². The Morgan fingerprint density at radius 2 is 1.89 bits per heavy atom. The summed E-state index contributed by atoms with van der Waals surface area (Å²) in [5, 5.41) is 14.8. The van der Waals surface area contributed by atoms with Crippen molar-refractivity contribution in [1.29, 1.82) is 0 Å². The number of anilines is 1. The Hall–Kier alpha value is -2.35. The Bertz CT molecular complexity index is 824. The van der Waals surface area contributed by atoms with Crippen LogP contribution in [0.25, 0.3) is 0 Å². The molecule has 0 aliphatic heterocycles. The van der Waals surface area contributed by atoms with E-state index >= 15 is 0 Å². The summed E-state index contributed by atoms with van der Waals surface area (Å²) in [6, 6.07) is 5.83. The van der Waals surface area contributed by atoms with Crippen molar-refractivity contribution >= 4 is 29.3 Å². The average molecular weight is 388 g/mol. The number of carbonyl (C=O) groups excluding carboxylic acids is 2. The number of aromatic nitrogens is 3. The minimum Gasteiger partial charge on any atom is -0.346 e. The topological polar surface area (TPSA) is 88.9 Å². The number of rotatable bonds is 8. The van der Waals surface area contributed by atoms with Gasteiger partial charge in [0.2, 0.25) is 11.8 Å². The summed E-state index contributed by atoms with van der Waals surface area (Å²) in [5.74, 6) is 1.32. The fourth-order valence-electron chi connectivity index (χ4n) is 2.90. The fraction of sp³-hybridized carbons (Fsp3) is 0.474. The second kappa shape index (κ2) is 8.56. The molecule has 1 heterocycles. The Labute approximate surface area is 163 Å². The molecule has 144 valence electrons. The smallest absolute Gasteiger partial charge is 0.243 e. The summed E-state index contributed by atoms with van der Waals surface area (Å²) in [5.41, 5.74) is 2.79. The first kappa shape index (κ1) is 19.4. The van der Waals surface area contributed by atoms with Crippen LogP contribution >= 0.6 is 11.8 Å². The van der Waals surface area contributed by atoms with E-state index < -0.39 is 0 Å². The zero-order chi connectivity index (χ0) is 19.4. The van der Waals surface area contributed by atoms with E-state index in [0.29, 0.717) is 5.92 Å². The van der Waals surface area contributed by atoms with Gasteiger partial charge >= 0.3 is 0 Å². The molecule has 1 aliphatic rings. The standard InChI is InChI=1S/C19H25N5O2S/c1-4-24-18(14-8-9-14)22-23-19(24)27-11-16(26)20-10-15(25)21-17-12(2)6-5-7-13(17)3/h5-7,14H,4,8-11H2,1-3H3,(H,20,26)(H,21,25). The van der Waals surface area contributed by atoms with E-state index in [2.05, 4.69) is 32.3 Å². The quantitative estimate of drug-likeness (QED) is 0.680. The maximum Gasteiger partial charge on any atom is 0.243 e. The molecule has 1 aromatic carbocycles. The summed E-state index contributed by atoms with van der Waals surface area (Å²) in [4.78, 5) is 24.2. The third-order valence-electron chi connectivity index (χ3n) is 4.53. The van der Waals surface area contributed by atoms with Gasteiger partial charge in [0.25, 0.3) is 0 Å². The van der Waals surface area contributed by atoms with Crippen molar-refractivity contribution < 1.29 is 9.59 Å². The first-order valence-corrected chi connectivity index (χ1v) is 10.2. The number of hydrogen-bond acceptors (Lipinski definition) is 5. The molecule has 8 heteroatoms. The van der Waals surface area contributed by atoms with Crippen LogP contribution in [0.3, 0.4) is 0 Å². The maximum atomic E-state index is 12.1. The van der Waals surface area contributed by atoms with E-state index in [-0.39, 0.29) is 24.1 Å². The molecule has 2 aromatic rings. The second-order valence-electron chi connectivity index (χ2n) is 6.74. The lowest BCUT2D eigenvalue weighted by Gasteiger charge is -2.12. The Morgan fingerprint density at radius 1 is 1.19 bits per heavy atom.